The minimum Gasteiger partial charge on any atom is -0.489 e. The van der Waals surface area contributed by atoms with Crippen LogP contribution in [-0.2, 0) is 15.7 Å². The lowest BCUT2D eigenvalue weighted by Crippen LogP contribution is -2.25. The van der Waals surface area contributed by atoms with Gasteiger partial charge in [-0.3, -0.25) is 4.79 Å². The van der Waals surface area contributed by atoms with E-state index in [1.54, 1.807) is 12.2 Å². The Bertz CT molecular complexity index is 805. The predicted molar refractivity (Wildman–Crippen MR) is 107 cm³/mol. The summed E-state index contributed by atoms with van der Waals surface area (Å²) in [5.41, 5.74) is -0.828. The van der Waals surface area contributed by atoms with Crippen LogP contribution in [0.5, 0.6) is 5.75 Å². The highest BCUT2D eigenvalue weighted by Crippen LogP contribution is 2.36. The Balaban J connectivity index is 1.74. The lowest BCUT2D eigenvalue weighted by atomic mass is 9.89. The Morgan fingerprint density at radius 1 is 1.13 bits per heavy atom. The SMILES string of the molecule is O=C1CCCC=CCC2C(O)CC(O)C2C=CC(COc2cccc(C(F)(F)F)c2)O1. The highest BCUT2D eigenvalue weighted by Gasteiger charge is 2.39. The molecule has 0 amide bonds. The van der Waals surface area contributed by atoms with E-state index in [1.165, 1.54) is 12.1 Å². The van der Waals surface area contributed by atoms with Crippen molar-refractivity contribution in [3.63, 3.8) is 0 Å². The Hall–Kier alpha value is -2.32. The number of carbonyl (C=O) groups excluding carboxylic acids is 1. The number of allylic oxidation sites excluding steroid dienone is 2. The molecule has 0 bridgehead atoms. The molecule has 5 atom stereocenters. The van der Waals surface area contributed by atoms with Gasteiger partial charge in [-0.15, -0.1) is 0 Å². The number of hydrogen-bond donors (Lipinski definition) is 2. The van der Waals surface area contributed by atoms with Gasteiger partial charge in [-0.05, 0) is 49.5 Å². The van der Waals surface area contributed by atoms with Gasteiger partial charge in [0, 0.05) is 18.8 Å². The van der Waals surface area contributed by atoms with Crippen molar-refractivity contribution in [1.82, 2.24) is 0 Å². The van der Waals surface area contributed by atoms with Crippen molar-refractivity contribution in [1.29, 1.82) is 0 Å². The van der Waals surface area contributed by atoms with E-state index >= 15 is 0 Å². The first-order chi connectivity index (χ1) is 14.7. The lowest BCUT2D eigenvalue weighted by molar-refractivity contribution is -0.148. The third-order valence-corrected chi connectivity index (χ3v) is 5.65. The third kappa shape index (κ3) is 6.58. The molecule has 1 heterocycles. The van der Waals surface area contributed by atoms with Crippen LogP contribution in [0.1, 0.15) is 37.7 Å². The molecule has 31 heavy (non-hydrogen) atoms. The number of benzene rings is 1. The molecule has 170 valence electrons. The first-order valence-electron chi connectivity index (χ1n) is 10.4. The van der Waals surface area contributed by atoms with Crippen molar-refractivity contribution < 1.29 is 37.7 Å². The van der Waals surface area contributed by atoms with Crippen LogP contribution < -0.4 is 4.74 Å². The second-order valence-corrected chi connectivity index (χ2v) is 7.96. The Morgan fingerprint density at radius 3 is 2.71 bits per heavy atom. The average molecular weight is 440 g/mol. The zero-order valence-electron chi connectivity index (χ0n) is 17.0. The molecule has 0 spiro atoms. The number of halogens is 3. The molecule has 2 N–H and O–H groups in total. The van der Waals surface area contributed by atoms with Gasteiger partial charge < -0.3 is 19.7 Å². The van der Waals surface area contributed by atoms with Crippen molar-refractivity contribution in [3.8, 4) is 5.75 Å². The summed E-state index contributed by atoms with van der Waals surface area (Å²) in [6, 6.07) is 4.49. The smallest absolute Gasteiger partial charge is 0.416 e. The van der Waals surface area contributed by atoms with E-state index in [0.29, 0.717) is 19.3 Å². The van der Waals surface area contributed by atoms with Gasteiger partial charge in [0.25, 0.3) is 0 Å². The number of rotatable bonds is 3. The number of cyclic esters (lactones) is 1. The number of hydrogen-bond acceptors (Lipinski definition) is 5. The second kappa shape index (κ2) is 10.3. The van der Waals surface area contributed by atoms with E-state index in [9.17, 15) is 28.2 Å². The van der Waals surface area contributed by atoms with Crippen molar-refractivity contribution >= 4 is 5.97 Å². The highest BCUT2D eigenvalue weighted by molar-refractivity contribution is 5.69. The van der Waals surface area contributed by atoms with Gasteiger partial charge >= 0.3 is 12.1 Å². The van der Waals surface area contributed by atoms with E-state index in [-0.39, 0.29) is 37.0 Å². The van der Waals surface area contributed by atoms with Crippen LogP contribution in [0.25, 0.3) is 0 Å². The van der Waals surface area contributed by atoms with E-state index in [1.807, 2.05) is 12.2 Å². The molecule has 1 fully saturated rings. The molecule has 1 aromatic carbocycles. The van der Waals surface area contributed by atoms with Gasteiger partial charge in [0.15, 0.2) is 6.10 Å². The summed E-state index contributed by atoms with van der Waals surface area (Å²) in [6.45, 7) is -0.169. The van der Waals surface area contributed by atoms with Crippen molar-refractivity contribution in [3.05, 3.63) is 54.1 Å². The Labute approximate surface area is 179 Å². The number of aliphatic hydroxyl groups is 2. The van der Waals surface area contributed by atoms with Crippen LogP contribution in [0, 0.1) is 11.8 Å². The van der Waals surface area contributed by atoms with Crippen molar-refractivity contribution in [2.24, 2.45) is 11.8 Å². The van der Waals surface area contributed by atoms with Crippen LogP contribution in [0.15, 0.2) is 48.6 Å². The van der Waals surface area contributed by atoms with Gasteiger partial charge in [-0.2, -0.15) is 13.2 Å². The zero-order valence-corrected chi connectivity index (χ0v) is 17.0. The van der Waals surface area contributed by atoms with Gasteiger partial charge in [-0.1, -0.05) is 24.3 Å². The minimum atomic E-state index is -4.49. The molecular weight excluding hydrogens is 413 g/mol. The summed E-state index contributed by atoms with van der Waals surface area (Å²) < 4.78 is 49.7. The maximum atomic E-state index is 12.9. The average Bonchev–Trinajstić information content (AvgIpc) is 2.98. The topological polar surface area (TPSA) is 76.0 Å². The van der Waals surface area contributed by atoms with Crippen LogP contribution in [-0.4, -0.2) is 41.1 Å². The molecule has 1 aliphatic heterocycles. The molecule has 3 rings (SSSR count). The molecule has 1 aliphatic carbocycles. The fourth-order valence-electron chi connectivity index (χ4n) is 3.99. The standard InChI is InChI=1S/C23H27F3O5/c24-23(25,26)15-6-5-7-16(12-15)30-14-17-10-11-19-18(20(27)13-21(19)28)8-3-1-2-4-9-22(29)31-17/h1,3,5-7,10-12,17-21,27-28H,2,4,8-9,13-14H2. The quantitative estimate of drug-likeness (QED) is 0.548. The van der Waals surface area contributed by atoms with Crippen LogP contribution in [0.3, 0.4) is 0 Å². The number of aliphatic hydroxyl groups excluding tert-OH is 2. The number of carbonyl (C=O) groups is 1. The summed E-state index contributed by atoms with van der Waals surface area (Å²) in [6.07, 6.45) is 2.89. The zero-order chi connectivity index (χ0) is 22.4. The maximum Gasteiger partial charge on any atom is 0.416 e. The molecule has 0 aromatic heterocycles. The van der Waals surface area contributed by atoms with Gasteiger partial charge in [-0.25, -0.2) is 0 Å². The molecular formula is C23H27F3O5. The van der Waals surface area contributed by atoms with Crippen LogP contribution >= 0.6 is 0 Å². The summed E-state index contributed by atoms with van der Waals surface area (Å²) in [5, 5.41) is 20.6. The lowest BCUT2D eigenvalue weighted by Gasteiger charge is -2.21. The molecule has 0 saturated heterocycles. The molecule has 2 aliphatic rings. The highest BCUT2D eigenvalue weighted by atomic mass is 19.4. The van der Waals surface area contributed by atoms with Gasteiger partial charge in [0.1, 0.15) is 12.4 Å². The maximum absolute atomic E-state index is 12.9. The summed E-state index contributed by atoms with van der Waals surface area (Å²) in [5.74, 6) is -0.904. The number of esters is 1. The molecule has 5 unspecified atom stereocenters. The minimum absolute atomic E-state index is 0.0144. The molecule has 1 saturated carbocycles. The van der Waals surface area contributed by atoms with Crippen molar-refractivity contribution in [2.45, 2.75) is 56.6 Å². The number of ether oxygens (including phenoxy) is 2. The Morgan fingerprint density at radius 2 is 1.94 bits per heavy atom. The molecule has 1 aromatic rings. The molecule has 8 heteroatoms. The Kier molecular flexibility index (Phi) is 7.78. The second-order valence-electron chi connectivity index (χ2n) is 7.96. The number of alkyl halides is 3. The first-order valence-corrected chi connectivity index (χ1v) is 10.4. The normalized spacial score (nSPS) is 30.0. The predicted octanol–water partition coefficient (Wildman–Crippen LogP) is 4.04. The molecule has 0 radical (unpaired) electrons. The summed E-state index contributed by atoms with van der Waals surface area (Å²) >= 11 is 0. The molecule has 5 nitrogen and oxygen atoms in total. The summed E-state index contributed by atoms with van der Waals surface area (Å²) in [7, 11) is 0. The van der Waals surface area contributed by atoms with Crippen LogP contribution in [0.4, 0.5) is 13.2 Å². The first kappa shape index (κ1) is 23.3. The summed E-state index contributed by atoms with van der Waals surface area (Å²) in [4.78, 5) is 12.2. The van der Waals surface area contributed by atoms with Crippen LogP contribution in [0.2, 0.25) is 0 Å². The monoisotopic (exact) mass is 440 g/mol. The van der Waals surface area contributed by atoms with Gasteiger partial charge in [0.05, 0.1) is 17.8 Å². The number of fused-ring (bicyclic) bond motifs is 1. The van der Waals surface area contributed by atoms with E-state index in [4.69, 9.17) is 9.47 Å². The fraction of sp³-hybridized carbons (Fsp3) is 0.522. The van der Waals surface area contributed by atoms with Gasteiger partial charge in [0.2, 0.25) is 0 Å². The van der Waals surface area contributed by atoms with E-state index < -0.39 is 36.0 Å². The fourth-order valence-corrected chi connectivity index (χ4v) is 3.99. The van der Waals surface area contributed by atoms with E-state index in [0.717, 1.165) is 12.1 Å². The largest absolute Gasteiger partial charge is 0.489 e. The van der Waals surface area contributed by atoms with Crippen molar-refractivity contribution in [2.75, 3.05) is 6.61 Å². The van der Waals surface area contributed by atoms with E-state index in [2.05, 4.69) is 0 Å². The third-order valence-electron chi connectivity index (χ3n) is 5.65.